The summed E-state index contributed by atoms with van der Waals surface area (Å²) in [7, 11) is 0. The monoisotopic (exact) mass is 331 g/mol. The van der Waals surface area contributed by atoms with Crippen molar-refractivity contribution in [3.05, 3.63) is 64.7 Å². The van der Waals surface area contributed by atoms with Crippen LogP contribution in [0.3, 0.4) is 0 Å². The molecule has 0 saturated heterocycles. The lowest BCUT2D eigenvalue weighted by Gasteiger charge is -2.19. The van der Waals surface area contributed by atoms with Crippen molar-refractivity contribution in [2.24, 2.45) is 0 Å². The number of amides is 1. The Morgan fingerprint density at radius 1 is 1.13 bits per heavy atom. The largest absolute Gasteiger partial charge is 0.492 e. The zero-order valence-corrected chi connectivity index (χ0v) is 14.5. The molecule has 0 aliphatic heterocycles. The number of hydrogen-bond donors (Lipinski definition) is 1. The molecule has 0 radical (unpaired) electrons. The minimum absolute atomic E-state index is 0.0835. The summed E-state index contributed by atoms with van der Waals surface area (Å²) >= 11 is 5.88. The number of carbonyl (C=O) groups excluding carboxylic acids is 1. The van der Waals surface area contributed by atoms with E-state index in [-0.39, 0.29) is 11.3 Å². The van der Waals surface area contributed by atoms with Gasteiger partial charge in [0.1, 0.15) is 12.4 Å². The molecule has 0 saturated carbocycles. The molecule has 0 unspecified atom stereocenters. The zero-order valence-electron chi connectivity index (χ0n) is 13.7. The maximum absolute atomic E-state index is 12.0. The third kappa shape index (κ3) is 5.29. The summed E-state index contributed by atoms with van der Waals surface area (Å²) in [5.41, 5.74) is 1.85. The lowest BCUT2D eigenvalue weighted by atomic mass is 9.87. The summed E-state index contributed by atoms with van der Waals surface area (Å²) in [6.07, 6.45) is 0. The Morgan fingerprint density at radius 2 is 1.87 bits per heavy atom. The molecule has 4 heteroatoms. The molecule has 2 aromatic rings. The molecule has 0 aliphatic rings. The van der Waals surface area contributed by atoms with Crippen LogP contribution in [-0.4, -0.2) is 19.1 Å². The molecule has 0 heterocycles. The van der Waals surface area contributed by atoms with Crippen molar-refractivity contribution in [3.63, 3.8) is 0 Å². The van der Waals surface area contributed by atoms with Gasteiger partial charge in [-0.25, -0.2) is 0 Å². The van der Waals surface area contributed by atoms with Crippen molar-refractivity contribution in [2.75, 3.05) is 13.2 Å². The summed E-state index contributed by atoms with van der Waals surface area (Å²) in [6, 6.07) is 14.9. The molecule has 0 aromatic heterocycles. The fourth-order valence-electron chi connectivity index (χ4n) is 2.12. The van der Waals surface area contributed by atoms with E-state index in [1.54, 1.807) is 24.3 Å². The van der Waals surface area contributed by atoms with Gasteiger partial charge in [0.2, 0.25) is 0 Å². The molecule has 3 nitrogen and oxygen atoms in total. The average molecular weight is 332 g/mol. The van der Waals surface area contributed by atoms with Crippen LogP contribution in [0, 0.1) is 0 Å². The molecule has 0 spiro atoms. The predicted molar refractivity (Wildman–Crippen MR) is 94.4 cm³/mol. The maximum Gasteiger partial charge on any atom is 0.251 e. The Labute approximate surface area is 142 Å². The van der Waals surface area contributed by atoms with Crippen molar-refractivity contribution in [2.45, 2.75) is 26.2 Å². The number of hydrogen-bond acceptors (Lipinski definition) is 2. The van der Waals surface area contributed by atoms with Gasteiger partial charge in [-0.05, 0) is 41.3 Å². The van der Waals surface area contributed by atoms with Gasteiger partial charge >= 0.3 is 0 Å². The number of rotatable bonds is 5. The number of ether oxygens (including phenoxy) is 1. The van der Waals surface area contributed by atoms with Crippen LogP contribution in [0.25, 0.3) is 0 Å². The van der Waals surface area contributed by atoms with Crippen molar-refractivity contribution in [1.29, 1.82) is 0 Å². The summed E-state index contributed by atoms with van der Waals surface area (Å²) in [5.74, 6) is 0.661. The summed E-state index contributed by atoms with van der Waals surface area (Å²) < 4.78 is 5.71. The minimum atomic E-state index is -0.153. The first-order valence-electron chi connectivity index (χ1n) is 7.63. The highest BCUT2D eigenvalue weighted by atomic mass is 35.5. The van der Waals surface area contributed by atoms with Crippen LogP contribution in [0.4, 0.5) is 0 Å². The number of nitrogens with one attached hydrogen (secondary N) is 1. The van der Waals surface area contributed by atoms with E-state index in [0.717, 1.165) is 5.75 Å². The van der Waals surface area contributed by atoms with Gasteiger partial charge in [0.05, 0.1) is 6.54 Å². The second kappa shape index (κ2) is 7.51. The quantitative estimate of drug-likeness (QED) is 0.822. The van der Waals surface area contributed by atoms with Crippen molar-refractivity contribution in [3.8, 4) is 5.75 Å². The van der Waals surface area contributed by atoms with E-state index < -0.39 is 0 Å². The predicted octanol–water partition coefficient (Wildman–Crippen LogP) is 4.45. The van der Waals surface area contributed by atoms with Crippen molar-refractivity contribution >= 4 is 17.5 Å². The van der Waals surface area contributed by atoms with Crippen molar-refractivity contribution in [1.82, 2.24) is 5.32 Å². The topological polar surface area (TPSA) is 38.3 Å². The Balaban J connectivity index is 1.83. The third-order valence-corrected chi connectivity index (χ3v) is 3.68. The number of halogens is 1. The van der Waals surface area contributed by atoms with Gasteiger partial charge in [-0.2, -0.15) is 0 Å². The summed E-state index contributed by atoms with van der Waals surface area (Å²) in [4.78, 5) is 12.0. The molecule has 0 aliphatic carbocycles. The van der Waals surface area contributed by atoms with Gasteiger partial charge in [0, 0.05) is 10.6 Å². The highest BCUT2D eigenvalue weighted by molar-refractivity contribution is 6.30. The molecule has 2 aromatic carbocycles. The standard InChI is InChI=1S/C19H22ClNO2/c1-19(2,3)15-7-5-9-17(13-15)23-11-10-21-18(22)14-6-4-8-16(20)12-14/h4-9,12-13H,10-11H2,1-3H3,(H,21,22). The van der Waals surface area contributed by atoms with E-state index in [9.17, 15) is 4.79 Å². The Morgan fingerprint density at radius 3 is 2.57 bits per heavy atom. The number of carbonyl (C=O) groups is 1. The van der Waals surface area contributed by atoms with Gasteiger partial charge in [-0.3, -0.25) is 4.79 Å². The first-order valence-corrected chi connectivity index (χ1v) is 8.01. The van der Waals surface area contributed by atoms with E-state index in [2.05, 4.69) is 32.2 Å². The van der Waals surface area contributed by atoms with Crippen LogP contribution < -0.4 is 10.1 Å². The maximum atomic E-state index is 12.0. The van der Waals surface area contributed by atoms with Crippen LogP contribution in [-0.2, 0) is 5.41 Å². The van der Waals surface area contributed by atoms with Gasteiger partial charge in [0.15, 0.2) is 0 Å². The first-order chi connectivity index (χ1) is 10.9. The molecule has 0 atom stereocenters. The molecule has 1 N–H and O–H groups in total. The molecule has 122 valence electrons. The Bertz CT molecular complexity index is 677. The smallest absolute Gasteiger partial charge is 0.251 e. The Kier molecular flexibility index (Phi) is 5.67. The SMILES string of the molecule is CC(C)(C)c1cccc(OCCNC(=O)c2cccc(Cl)c2)c1. The van der Waals surface area contributed by atoms with Crippen LogP contribution in [0.1, 0.15) is 36.7 Å². The van der Waals surface area contributed by atoms with Gasteiger partial charge in [0.25, 0.3) is 5.91 Å². The lowest BCUT2D eigenvalue weighted by molar-refractivity contribution is 0.0947. The van der Waals surface area contributed by atoms with E-state index in [4.69, 9.17) is 16.3 Å². The lowest BCUT2D eigenvalue weighted by Crippen LogP contribution is -2.28. The van der Waals surface area contributed by atoms with Gasteiger partial charge < -0.3 is 10.1 Å². The molecule has 2 rings (SSSR count). The second-order valence-electron chi connectivity index (χ2n) is 6.39. The van der Waals surface area contributed by atoms with Crippen LogP contribution in [0.15, 0.2) is 48.5 Å². The van der Waals surface area contributed by atoms with Gasteiger partial charge in [-0.15, -0.1) is 0 Å². The fourth-order valence-corrected chi connectivity index (χ4v) is 2.31. The molecular weight excluding hydrogens is 310 g/mol. The van der Waals surface area contributed by atoms with Crippen LogP contribution in [0.2, 0.25) is 5.02 Å². The Hall–Kier alpha value is -2.00. The molecule has 1 amide bonds. The third-order valence-electron chi connectivity index (χ3n) is 3.44. The van der Waals surface area contributed by atoms with E-state index in [1.807, 2.05) is 18.2 Å². The normalized spacial score (nSPS) is 11.1. The number of benzene rings is 2. The van der Waals surface area contributed by atoms with E-state index >= 15 is 0 Å². The highest BCUT2D eigenvalue weighted by Crippen LogP contribution is 2.25. The molecule has 0 bridgehead atoms. The van der Waals surface area contributed by atoms with Gasteiger partial charge in [-0.1, -0.05) is 50.6 Å². The molecule has 0 fully saturated rings. The highest BCUT2D eigenvalue weighted by Gasteiger charge is 2.13. The average Bonchev–Trinajstić information content (AvgIpc) is 2.51. The van der Waals surface area contributed by atoms with Crippen molar-refractivity contribution < 1.29 is 9.53 Å². The molecular formula is C19H22ClNO2. The zero-order chi connectivity index (χ0) is 16.9. The van der Waals surface area contributed by atoms with E-state index in [1.165, 1.54) is 5.56 Å². The van der Waals surface area contributed by atoms with Crippen LogP contribution in [0.5, 0.6) is 5.75 Å². The second-order valence-corrected chi connectivity index (χ2v) is 6.83. The van der Waals surface area contributed by atoms with Crippen LogP contribution >= 0.6 is 11.6 Å². The fraction of sp³-hybridized carbons (Fsp3) is 0.316. The molecule has 23 heavy (non-hydrogen) atoms. The first kappa shape index (κ1) is 17.4. The minimum Gasteiger partial charge on any atom is -0.492 e. The summed E-state index contributed by atoms with van der Waals surface area (Å²) in [5, 5.41) is 3.37. The summed E-state index contributed by atoms with van der Waals surface area (Å²) in [6.45, 7) is 7.34. The van der Waals surface area contributed by atoms with E-state index in [0.29, 0.717) is 23.7 Å².